The van der Waals surface area contributed by atoms with E-state index in [4.69, 9.17) is 16.3 Å². The van der Waals surface area contributed by atoms with Crippen LogP contribution in [0.15, 0.2) is 78.9 Å². The zero-order valence-electron chi connectivity index (χ0n) is 24.7. The van der Waals surface area contributed by atoms with Crippen LogP contribution in [0.1, 0.15) is 49.7 Å². The van der Waals surface area contributed by atoms with E-state index in [9.17, 15) is 18.0 Å². The van der Waals surface area contributed by atoms with Gasteiger partial charge in [-0.2, -0.15) is 0 Å². The monoisotopic (exact) mass is 625 g/mol. The van der Waals surface area contributed by atoms with E-state index in [1.54, 1.807) is 41.3 Å². The standard InChI is InChI=1S/C33H40ClN3O5S/c1-42-30-15-8-14-29(23-30)37(43(2,40)41)21-9-16-32(38)36(24-26-17-19-27(34)20-18-26)31(22-25-10-4-3-5-11-25)33(39)35-28-12-6-7-13-28/h3-5,8,10-11,14-15,17-20,23,28,31H,6-7,9,12-13,16,21-22,24H2,1-2H3,(H,35,39)/t31-/m1/s1. The topological polar surface area (TPSA) is 96.0 Å². The van der Waals surface area contributed by atoms with Crippen molar-refractivity contribution in [2.45, 2.75) is 63.6 Å². The third-order valence-electron chi connectivity index (χ3n) is 7.73. The number of sulfonamides is 1. The van der Waals surface area contributed by atoms with E-state index >= 15 is 0 Å². The number of anilines is 1. The maximum Gasteiger partial charge on any atom is 0.243 e. The predicted octanol–water partition coefficient (Wildman–Crippen LogP) is 5.59. The van der Waals surface area contributed by atoms with E-state index < -0.39 is 16.1 Å². The molecule has 10 heteroatoms. The number of nitrogens with zero attached hydrogens (tertiary/aromatic N) is 2. The second kappa shape index (κ2) is 15.3. The molecule has 0 bridgehead atoms. The van der Waals surface area contributed by atoms with Gasteiger partial charge in [0.15, 0.2) is 0 Å². The molecule has 0 aromatic heterocycles. The van der Waals surface area contributed by atoms with Gasteiger partial charge in [0.25, 0.3) is 0 Å². The molecule has 0 unspecified atom stereocenters. The van der Waals surface area contributed by atoms with Crippen molar-refractivity contribution in [3.05, 3.63) is 95.0 Å². The van der Waals surface area contributed by atoms with Gasteiger partial charge in [0.1, 0.15) is 11.8 Å². The Labute approximate surface area is 260 Å². The summed E-state index contributed by atoms with van der Waals surface area (Å²) in [5, 5.41) is 3.79. The van der Waals surface area contributed by atoms with Crippen LogP contribution in [0.5, 0.6) is 5.75 Å². The average Bonchev–Trinajstić information content (AvgIpc) is 3.51. The van der Waals surface area contributed by atoms with E-state index in [1.165, 1.54) is 11.4 Å². The molecule has 3 aromatic carbocycles. The van der Waals surface area contributed by atoms with Crippen LogP contribution in [0.4, 0.5) is 5.69 Å². The molecule has 0 heterocycles. The van der Waals surface area contributed by atoms with Crippen LogP contribution in [0, 0.1) is 0 Å². The summed E-state index contributed by atoms with van der Waals surface area (Å²) in [6.07, 6.45) is 5.84. The molecular weight excluding hydrogens is 586 g/mol. The molecule has 3 aromatic rings. The third kappa shape index (κ3) is 9.46. The van der Waals surface area contributed by atoms with E-state index in [0.717, 1.165) is 43.1 Å². The van der Waals surface area contributed by atoms with E-state index in [0.29, 0.717) is 22.9 Å². The largest absolute Gasteiger partial charge is 0.497 e. The molecule has 0 radical (unpaired) electrons. The minimum absolute atomic E-state index is 0.0611. The van der Waals surface area contributed by atoms with Crippen molar-refractivity contribution in [1.29, 1.82) is 0 Å². The predicted molar refractivity (Wildman–Crippen MR) is 171 cm³/mol. The fraction of sp³-hybridized carbons (Fsp3) is 0.394. The van der Waals surface area contributed by atoms with Gasteiger partial charge in [-0.3, -0.25) is 13.9 Å². The number of methoxy groups -OCH3 is 1. The summed E-state index contributed by atoms with van der Waals surface area (Å²) in [7, 11) is -2.10. The van der Waals surface area contributed by atoms with Gasteiger partial charge < -0.3 is 15.0 Å². The minimum atomic E-state index is -3.62. The Morgan fingerprint density at radius 3 is 2.33 bits per heavy atom. The van der Waals surface area contributed by atoms with Crippen LogP contribution < -0.4 is 14.4 Å². The van der Waals surface area contributed by atoms with Gasteiger partial charge in [-0.1, -0.05) is 73.0 Å². The van der Waals surface area contributed by atoms with Crippen molar-refractivity contribution < 1.29 is 22.7 Å². The molecular formula is C33H40ClN3O5S. The van der Waals surface area contributed by atoms with Gasteiger partial charge in [0, 0.05) is 43.1 Å². The Hall–Kier alpha value is -3.56. The summed E-state index contributed by atoms with van der Waals surface area (Å²) in [6, 6.07) is 23.1. The molecule has 1 aliphatic rings. The second-order valence-electron chi connectivity index (χ2n) is 11.0. The molecule has 230 valence electrons. The number of rotatable bonds is 14. The molecule has 1 atom stereocenters. The zero-order valence-corrected chi connectivity index (χ0v) is 26.3. The lowest BCUT2D eigenvalue weighted by molar-refractivity contribution is -0.141. The SMILES string of the molecule is COc1cccc(N(CCCC(=O)N(Cc2ccc(Cl)cc2)[C@H](Cc2ccccc2)C(=O)NC2CCCC2)S(C)(=O)=O)c1. The second-order valence-corrected chi connectivity index (χ2v) is 13.3. The molecule has 1 fully saturated rings. The number of benzene rings is 3. The Morgan fingerprint density at radius 1 is 0.977 bits per heavy atom. The number of ether oxygens (including phenoxy) is 1. The molecule has 4 rings (SSSR count). The summed E-state index contributed by atoms with van der Waals surface area (Å²) in [6.45, 7) is 0.321. The summed E-state index contributed by atoms with van der Waals surface area (Å²) < 4.78 is 32.0. The van der Waals surface area contributed by atoms with Crippen molar-refractivity contribution in [2.75, 3.05) is 24.2 Å². The highest BCUT2D eigenvalue weighted by atomic mass is 35.5. The van der Waals surface area contributed by atoms with Gasteiger partial charge >= 0.3 is 0 Å². The summed E-state index contributed by atoms with van der Waals surface area (Å²) in [5.74, 6) is 0.136. The van der Waals surface area contributed by atoms with Gasteiger partial charge in [-0.05, 0) is 54.7 Å². The summed E-state index contributed by atoms with van der Waals surface area (Å²) in [5.41, 5.74) is 2.26. The maximum atomic E-state index is 14.0. The van der Waals surface area contributed by atoms with E-state index in [1.807, 2.05) is 42.5 Å². The van der Waals surface area contributed by atoms with Crippen LogP contribution in [0.2, 0.25) is 5.02 Å². The lowest BCUT2D eigenvalue weighted by atomic mass is 10.0. The molecule has 8 nitrogen and oxygen atoms in total. The Morgan fingerprint density at radius 2 is 1.67 bits per heavy atom. The fourth-order valence-electron chi connectivity index (χ4n) is 5.48. The smallest absolute Gasteiger partial charge is 0.243 e. The van der Waals surface area contributed by atoms with Crippen molar-refractivity contribution in [1.82, 2.24) is 10.2 Å². The molecule has 0 saturated heterocycles. The number of hydrogen-bond acceptors (Lipinski definition) is 5. The van der Waals surface area contributed by atoms with Crippen molar-refractivity contribution >= 4 is 39.1 Å². The maximum absolute atomic E-state index is 14.0. The van der Waals surface area contributed by atoms with Gasteiger partial charge in [0.2, 0.25) is 21.8 Å². The Bertz CT molecular complexity index is 1460. The molecule has 1 aliphatic carbocycles. The highest BCUT2D eigenvalue weighted by Crippen LogP contribution is 2.25. The van der Waals surface area contributed by atoms with Crippen molar-refractivity contribution in [3.63, 3.8) is 0 Å². The average molecular weight is 626 g/mol. The highest BCUT2D eigenvalue weighted by molar-refractivity contribution is 7.92. The number of amides is 2. The Kier molecular flexibility index (Phi) is 11.5. The molecule has 0 spiro atoms. The zero-order chi connectivity index (χ0) is 30.8. The minimum Gasteiger partial charge on any atom is -0.497 e. The van der Waals surface area contributed by atoms with Gasteiger partial charge in [-0.15, -0.1) is 0 Å². The summed E-state index contributed by atoms with van der Waals surface area (Å²) in [4.78, 5) is 29.5. The van der Waals surface area contributed by atoms with Crippen molar-refractivity contribution in [2.24, 2.45) is 0 Å². The molecule has 1 N–H and O–H groups in total. The van der Waals surface area contributed by atoms with Gasteiger partial charge in [-0.25, -0.2) is 8.42 Å². The lowest BCUT2D eigenvalue weighted by Gasteiger charge is -2.33. The third-order valence-corrected chi connectivity index (χ3v) is 9.18. The number of hydrogen-bond donors (Lipinski definition) is 1. The first-order valence-electron chi connectivity index (χ1n) is 14.6. The first-order chi connectivity index (χ1) is 20.6. The van der Waals surface area contributed by atoms with E-state index in [2.05, 4.69) is 5.32 Å². The number of nitrogens with one attached hydrogen (secondary N) is 1. The van der Waals surface area contributed by atoms with Crippen LogP contribution in [-0.2, 0) is 32.6 Å². The number of halogens is 1. The highest BCUT2D eigenvalue weighted by Gasteiger charge is 2.32. The Balaban J connectivity index is 1.58. The van der Waals surface area contributed by atoms with E-state index in [-0.39, 0.29) is 43.8 Å². The number of carbonyl (C=O) groups excluding carboxylic acids is 2. The first-order valence-corrected chi connectivity index (χ1v) is 16.9. The first kappa shape index (κ1) is 32.4. The van der Waals surface area contributed by atoms with Crippen LogP contribution in [0.25, 0.3) is 0 Å². The normalized spacial score (nSPS) is 14.2. The van der Waals surface area contributed by atoms with Crippen LogP contribution >= 0.6 is 11.6 Å². The van der Waals surface area contributed by atoms with Crippen LogP contribution in [0.3, 0.4) is 0 Å². The molecule has 1 saturated carbocycles. The summed E-state index contributed by atoms with van der Waals surface area (Å²) >= 11 is 6.12. The molecule has 43 heavy (non-hydrogen) atoms. The molecule has 0 aliphatic heterocycles. The fourth-order valence-corrected chi connectivity index (χ4v) is 6.56. The lowest BCUT2D eigenvalue weighted by Crippen LogP contribution is -2.52. The van der Waals surface area contributed by atoms with Crippen LogP contribution in [-0.4, -0.2) is 57.1 Å². The van der Waals surface area contributed by atoms with Gasteiger partial charge in [0.05, 0.1) is 19.1 Å². The quantitative estimate of drug-likeness (QED) is 0.252. The number of carbonyl (C=O) groups is 2. The van der Waals surface area contributed by atoms with Crippen molar-refractivity contribution in [3.8, 4) is 5.75 Å². The molecule has 2 amide bonds.